The number of aromatic nitrogens is 3. The highest BCUT2D eigenvalue weighted by Gasteiger charge is 2.24. The Morgan fingerprint density at radius 2 is 2.12 bits per heavy atom. The van der Waals surface area contributed by atoms with Crippen molar-refractivity contribution in [2.75, 3.05) is 6.61 Å². The third kappa shape index (κ3) is 4.54. The summed E-state index contributed by atoms with van der Waals surface area (Å²) in [5, 5.41) is 7.73. The first-order chi connectivity index (χ1) is 12.6. The quantitative estimate of drug-likeness (QED) is 0.741. The molecular weight excluding hydrogens is 352 g/mol. The summed E-state index contributed by atoms with van der Waals surface area (Å²) in [5.41, 5.74) is 1.88. The van der Waals surface area contributed by atoms with Gasteiger partial charge >= 0.3 is 0 Å². The molecule has 0 saturated heterocycles. The maximum absolute atomic E-state index is 12.6. The molecule has 2 aromatic heterocycles. The molecule has 0 bridgehead atoms. The minimum atomic E-state index is -0.155. The Kier molecular flexibility index (Phi) is 6.48. The molecule has 26 heavy (non-hydrogen) atoms. The van der Waals surface area contributed by atoms with Crippen molar-refractivity contribution in [3.63, 3.8) is 0 Å². The molecule has 0 aromatic carbocycles. The van der Waals surface area contributed by atoms with Crippen LogP contribution in [0.2, 0.25) is 5.15 Å². The Balaban J connectivity index is 1.53. The van der Waals surface area contributed by atoms with Gasteiger partial charge in [-0.25, -0.2) is 9.50 Å². The molecule has 1 N–H and O–H groups in total. The predicted octanol–water partition coefficient (Wildman–Crippen LogP) is 3.94. The van der Waals surface area contributed by atoms with Crippen LogP contribution >= 0.6 is 11.6 Å². The van der Waals surface area contributed by atoms with E-state index in [2.05, 4.69) is 22.3 Å². The third-order valence-electron chi connectivity index (χ3n) is 4.97. The molecule has 2 aromatic rings. The Hall–Kier alpha value is -1.66. The molecular formula is C19H27ClN4O2. The van der Waals surface area contributed by atoms with Crippen molar-refractivity contribution >= 4 is 23.2 Å². The maximum atomic E-state index is 12.6. The van der Waals surface area contributed by atoms with Crippen LogP contribution in [0.5, 0.6) is 0 Å². The summed E-state index contributed by atoms with van der Waals surface area (Å²) < 4.78 is 7.45. The first-order valence-corrected chi connectivity index (χ1v) is 9.89. The second kappa shape index (κ2) is 8.82. The summed E-state index contributed by atoms with van der Waals surface area (Å²) >= 11 is 6.09. The standard InChI is InChI=1S/C19H27ClN4O2/c1-3-4-5-10-26-15-8-6-14(7-9-15)22-19(25)16-12-21-17-11-13(2)18(20)23-24(16)17/h11-12,14-15H,3-10H2,1-2H3,(H,22,25)/t14-,15-. The highest BCUT2D eigenvalue weighted by Crippen LogP contribution is 2.22. The number of nitrogens with zero attached hydrogens (tertiary/aromatic N) is 3. The van der Waals surface area contributed by atoms with Crippen molar-refractivity contribution in [3.05, 3.63) is 28.7 Å². The Labute approximate surface area is 159 Å². The number of imidazole rings is 1. The zero-order chi connectivity index (χ0) is 18.5. The fraction of sp³-hybridized carbons (Fsp3) is 0.632. The van der Waals surface area contributed by atoms with E-state index in [0.29, 0.717) is 22.6 Å². The molecule has 2 heterocycles. The molecule has 1 saturated carbocycles. The lowest BCUT2D eigenvalue weighted by molar-refractivity contribution is 0.0204. The van der Waals surface area contributed by atoms with Gasteiger partial charge in [0.15, 0.2) is 16.5 Å². The number of rotatable bonds is 7. The topological polar surface area (TPSA) is 68.5 Å². The molecule has 3 rings (SSSR count). The van der Waals surface area contributed by atoms with Gasteiger partial charge in [0.25, 0.3) is 5.91 Å². The molecule has 0 atom stereocenters. The smallest absolute Gasteiger partial charge is 0.271 e. The van der Waals surface area contributed by atoms with E-state index in [1.54, 1.807) is 6.20 Å². The number of hydrogen-bond acceptors (Lipinski definition) is 4. The van der Waals surface area contributed by atoms with E-state index in [1.807, 2.05) is 13.0 Å². The van der Waals surface area contributed by atoms with E-state index in [0.717, 1.165) is 44.3 Å². The monoisotopic (exact) mass is 378 g/mol. The van der Waals surface area contributed by atoms with Gasteiger partial charge in [0.1, 0.15) is 0 Å². The molecule has 1 fully saturated rings. The normalized spacial score (nSPS) is 20.4. The van der Waals surface area contributed by atoms with Gasteiger partial charge in [-0.05, 0) is 50.7 Å². The van der Waals surface area contributed by atoms with E-state index in [4.69, 9.17) is 16.3 Å². The van der Waals surface area contributed by atoms with Crippen molar-refractivity contribution in [2.45, 2.75) is 70.9 Å². The number of nitrogens with one attached hydrogen (secondary N) is 1. The van der Waals surface area contributed by atoms with Gasteiger partial charge in [-0.15, -0.1) is 0 Å². The fourth-order valence-corrected chi connectivity index (χ4v) is 3.50. The lowest BCUT2D eigenvalue weighted by Gasteiger charge is -2.29. The number of hydrogen-bond donors (Lipinski definition) is 1. The van der Waals surface area contributed by atoms with Gasteiger partial charge in [0, 0.05) is 12.6 Å². The minimum absolute atomic E-state index is 0.155. The molecule has 1 amide bonds. The number of fused-ring (bicyclic) bond motifs is 1. The van der Waals surface area contributed by atoms with Crippen molar-refractivity contribution < 1.29 is 9.53 Å². The van der Waals surface area contributed by atoms with Crippen molar-refractivity contribution in [3.8, 4) is 0 Å². The zero-order valence-electron chi connectivity index (χ0n) is 15.5. The average Bonchev–Trinajstić information content (AvgIpc) is 3.03. The second-order valence-electron chi connectivity index (χ2n) is 7.06. The van der Waals surface area contributed by atoms with E-state index < -0.39 is 0 Å². The predicted molar refractivity (Wildman–Crippen MR) is 102 cm³/mol. The van der Waals surface area contributed by atoms with Crippen LogP contribution in [0.4, 0.5) is 0 Å². The van der Waals surface area contributed by atoms with Gasteiger partial charge in [-0.2, -0.15) is 5.10 Å². The molecule has 1 aliphatic carbocycles. The van der Waals surface area contributed by atoms with Crippen LogP contribution in [-0.2, 0) is 4.74 Å². The Morgan fingerprint density at radius 3 is 2.85 bits per heavy atom. The van der Waals surface area contributed by atoms with Gasteiger partial charge in [0.2, 0.25) is 0 Å². The van der Waals surface area contributed by atoms with Crippen LogP contribution in [0.1, 0.15) is 67.9 Å². The third-order valence-corrected chi connectivity index (χ3v) is 5.34. The van der Waals surface area contributed by atoms with Crippen LogP contribution in [0.15, 0.2) is 12.3 Å². The highest BCUT2D eigenvalue weighted by atomic mass is 35.5. The number of carbonyl (C=O) groups is 1. The average molecular weight is 379 g/mol. The minimum Gasteiger partial charge on any atom is -0.378 e. The molecule has 0 spiro atoms. The van der Waals surface area contributed by atoms with Crippen molar-refractivity contribution in [1.82, 2.24) is 19.9 Å². The number of carbonyl (C=O) groups excluding carboxylic acids is 1. The number of unbranched alkanes of at least 4 members (excludes halogenated alkanes) is 2. The molecule has 142 valence electrons. The van der Waals surface area contributed by atoms with E-state index in [-0.39, 0.29) is 11.9 Å². The largest absolute Gasteiger partial charge is 0.378 e. The summed E-state index contributed by atoms with van der Waals surface area (Å²) in [6, 6.07) is 2.00. The maximum Gasteiger partial charge on any atom is 0.271 e. The summed E-state index contributed by atoms with van der Waals surface area (Å²) in [6.07, 6.45) is 9.32. The number of amides is 1. The first kappa shape index (κ1) is 19.1. The van der Waals surface area contributed by atoms with Gasteiger partial charge in [-0.1, -0.05) is 31.4 Å². The van der Waals surface area contributed by atoms with Gasteiger partial charge in [0.05, 0.1) is 12.3 Å². The van der Waals surface area contributed by atoms with Crippen molar-refractivity contribution in [1.29, 1.82) is 0 Å². The lowest BCUT2D eigenvalue weighted by Crippen LogP contribution is -2.39. The van der Waals surface area contributed by atoms with Crippen LogP contribution in [0.25, 0.3) is 5.65 Å². The zero-order valence-corrected chi connectivity index (χ0v) is 16.3. The number of halogens is 1. The molecule has 0 radical (unpaired) electrons. The Bertz CT molecular complexity index is 753. The summed E-state index contributed by atoms with van der Waals surface area (Å²) in [5.74, 6) is -0.155. The number of ether oxygens (including phenoxy) is 1. The number of aryl methyl sites for hydroxylation is 1. The first-order valence-electron chi connectivity index (χ1n) is 9.51. The SMILES string of the molecule is CCCCCO[C@H]1CC[C@H](NC(=O)c2cnc3cc(C)c(Cl)nn23)CC1. The molecule has 0 aliphatic heterocycles. The molecule has 1 aliphatic rings. The lowest BCUT2D eigenvalue weighted by atomic mass is 9.93. The van der Waals surface area contributed by atoms with Gasteiger partial charge in [-0.3, -0.25) is 4.79 Å². The van der Waals surface area contributed by atoms with Gasteiger partial charge < -0.3 is 10.1 Å². The van der Waals surface area contributed by atoms with E-state index >= 15 is 0 Å². The highest BCUT2D eigenvalue weighted by molar-refractivity contribution is 6.30. The summed E-state index contributed by atoms with van der Waals surface area (Å²) in [6.45, 7) is 4.91. The second-order valence-corrected chi connectivity index (χ2v) is 7.41. The van der Waals surface area contributed by atoms with Crippen molar-refractivity contribution in [2.24, 2.45) is 0 Å². The Morgan fingerprint density at radius 1 is 1.35 bits per heavy atom. The molecule has 0 unspecified atom stereocenters. The van der Waals surface area contributed by atoms with Crippen LogP contribution in [0.3, 0.4) is 0 Å². The fourth-order valence-electron chi connectivity index (χ4n) is 3.37. The summed E-state index contributed by atoms with van der Waals surface area (Å²) in [4.78, 5) is 16.9. The van der Waals surface area contributed by atoms with Crippen LogP contribution < -0.4 is 5.32 Å². The van der Waals surface area contributed by atoms with E-state index in [1.165, 1.54) is 17.4 Å². The molecule has 7 heteroatoms. The molecule has 6 nitrogen and oxygen atoms in total. The van der Waals surface area contributed by atoms with Crippen LogP contribution in [-0.4, -0.2) is 39.3 Å². The van der Waals surface area contributed by atoms with Crippen LogP contribution in [0, 0.1) is 6.92 Å². The van der Waals surface area contributed by atoms with E-state index in [9.17, 15) is 4.79 Å². The summed E-state index contributed by atoms with van der Waals surface area (Å²) in [7, 11) is 0.